The molecule has 50 heavy (non-hydrogen) atoms. The Morgan fingerprint density at radius 1 is 0.740 bits per heavy atom. The van der Waals surface area contributed by atoms with Crippen molar-refractivity contribution in [2.75, 3.05) is 20.3 Å². The van der Waals surface area contributed by atoms with Crippen LogP contribution in [0.3, 0.4) is 0 Å². The molecule has 1 saturated heterocycles. The maximum atomic E-state index is 14.6. The van der Waals surface area contributed by atoms with Crippen LogP contribution in [0.5, 0.6) is 5.75 Å². The first kappa shape index (κ1) is 34.9. The van der Waals surface area contributed by atoms with Crippen LogP contribution in [0, 0.1) is 6.92 Å². The first-order chi connectivity index (χ1) is 24.4. The molecule has 1 aliphatic heterocycles. The lowest BCUT2D eigenvalue weighted by Crippen LogP contribution is -2.42. The van der Waals surface area contributed by atoms with Gasteiger partial charge in [0.15, 0.2) is 5.78 Å². The van der Waals surface area contributed by atoms with Crippen molar-refractivity contribution >= 4 is 17.5 Å². The van der Waals surface area contributed by atoms with E-state index in [0.717, 1.165) is 16.7 Å². The zero-order valence-electron chi connectivity index (χ0n) is 28.3. The molecule has 0 saturated carbocycles. The Bertz CT molecular complexity index is 1840. The van der Waals surface area contributed by atoms with Crippen LogP contribution in [0.4, 0.5) is 0 Å². The molecule has 1 heterocycles. The summed E-state index contributed by atoms with van der Waals surface area (Å²) in [6.07, 6.45) is -3.60. The van der Waals surface area contributed by atoms with Crippen LogP contribution in [-0.2, 0) is 48.3 Å². The Labute approximate surface area is 291 Å². The van der Waals surface area contributed by atoms with E-state index in [1.807, 2.05) is 91.0 Å². The maximum Gasteiger partial charge on any atom is 0.342 e. The summed E-state index contributed by atoms with van der Waals surface area (Å²) in [7, 11) is 1.49. The Hall–Kier alpha value is -4.93. The standard InChI is InChI=1S/C41H40O9/c1-4-47-41(44)35-34(36(42)31-21-30(45-3)20-26(2)33(31)37(35)43)39-40(49-24-29-18-12-7-13-19-29)38(48-23-28-16-10-6-11-17-28)32(50-39)25-46-22-27-14-8-5-9-15-27/h5-21,32,38-40H,4,22-25H2,1-3H3/t32-,38-,39+,40-/m1/s1. The van der Waals surface area contributed by atoms with Crippen LogP contribution < -0.4 is 4.74 Å². The molecular formula is C41H40O9. The molecule has 1 aliphatic carbocycles. The highest BCUT2D eigenvalue weighted by Gasteiger charge is 2.53. The fourth-order valence-corrected chi connectivity index (χ4v) is 6.41. The molecule has 0 amide bonds. The molecular weight excluding hydrogens is 636 g/mol. The van der Waals surface area contributed by atoms with Gasteiger partial charge >= 0.3 is 5.97 Å². The average Bonchev–Trinajstić information content (AvgIpc) is 3.48. The third-order valence-corrected chi connectivity index (χ3v) is 8.80. The van der Waals surface area contributed by atoms with Gasteiger partial charge in [-0.3, -0.25) is 9.59 Å². The van der Waals surface area contributed by atoms with E-state index in [9.17, 15) is 14.4 Å². The lowest BCUT2D eigenvalue weighted by molar-refractivity contribution is -0.138. The van der Waals surface area contributed by atoms with Gasteiger partial charge in [-0.05, 0) is 48.2 Å². The molecule has 0 N–H and O–H groups in total. The van der Waals surface area contributed by atoms with Crippen molar-refractivity contribution in [3.63, 3.8) is 0 Å². The van der Waals surface area contributed by atoms with E-state index in [-0.39, 0.29) is 48.7 Å². The quantitative estimate of drug-likeness (QED) is 0.111. The number of ether oxygens (including phenoxy) is 6. The van der Waals surface area contributed by atoms with Crippen molar-refractivity contribution in [2.24, 2.45) is 0 Å². The predicted octanol–water partition coefficient (Wildman–Crippen LogP) is 6.40. The number of carbonyl (C=O) groups excluding carboxylic acids is 3. The van der Waals surface area contributed by atoms with Gasteiger partial charge < -0.3 is 28.4 Å². The highest BCUT2D eigenvalue weighted by molar-refractivity contribution is 6.36. The predicted molar refractivity (Wildman–Crippen MR) is 185 cm³/mol. The second-order valence-electron chi connectivity index (χ2n) is 12.2. The Morgan fingerprint density at radius 2 is 1.30 bits per heavy atom. The number of esters is 1. The van der Waals surface area contributed by atoms with Gasteiger partial charge in [0.25, 0.3) is 0 Å². The number of fused-ring (bicyclic) bond motifs is 1. The smallest absolute Gasteiger partial charge is 0.342 e. The molecule has 0 radical (unpaired) electrons. The second kappa shape index (κ2) is 16.2. The van der Waals surface area contributed by atoms with Gasteiger partial charge in [0, 0.05) is 11.1 Å². The van der Waals surface area contributed by atoms with E-state index in [2.05, 4.69) is 0 Å². The Morgan fingerprint density at radius 3 is 1.86 bits per heavy atom. The molecule has 0 bridgehead atoms. The van der Waals surface area contributed by atoms with Gasteiger partial charge in [-0.2, -0.15) is 0 Å². The first-order valence-electron chi connectivity index (χ1n) is 16.7. The molecule has 4 atom stereocenters. The summed E-state index contributed by atoms with van der Waals surface area (Å²) < 4.78 is 36.8. The normalized spacial score (nSPS) is 20.1. The van der Waals surface area contributed by atoms with Crippen LogP contribution in [0.2, 0.25) is 0 Å². The minimum atomic E-state index is -1.18. The molecule has 0 unspecified atom stereocenters. The van der Waals surface area contributed by atoms with Crippen molar-refractivity contribution in [1.82, 2.24) is 0 Å². The summed E-state index contributed by atoms with van der Waals surface area (Å²) in [5.41, 5.74) is 3.02. The number of rotatable bonds is 14. The van der Waals surface area contributed by atoms with Gasteiger partial charge in [-0.25, -0.2) is 4.79 Å². The van der Waals surface area contributed by atoms with Crippen molar-refractivity contribution in [3.8, 4) is 5.75 Å². The highest BCUT2D eigenvalue weighted by atomic mass is 16.6. The van der Waals surface area contributed by atoms with E-state index >= 15 is 0 Å². The minimum absolute atomic E-state index is 0.00373. The molecule has 4 aromatic carbocycles. The zero-order chi connectivity index (χ0) is 35.0. The number of aryl methyl sites for hydroxylation is 1. The highest BCUT2D eigenvalue weighted by Crippen LogP contribution is 2.40. The number of carbonyl (C=O) groups is 3. The minimum Gasteiger partial charge on any atom is -0.497 e. The summed E-state index contributed by atoms with van der Waals surface area (Å²) >= 11 is 0. The number of hydrogen-bond donors (Lipinski definition) is 0. The fourth-order valence-electron chi connectivity index (χ4n) is 6.41. The van der Waals surface area contributed by atoms with Crippen LogP contribution in [0.1, 0.15) is 49.9 Å². The largest absolute Gasteiger partial charge is 0.497 e. The SMILES string of the molecule is CCOC(=O)C1=C([C@@H]2O[C@H](COCc3ccccc3)[C@@H](OCc3ccccc3)[C@H]2OCc2ccccc2)C(=O)c2cc(OC)cc(C)c2C1=O. The maximum absolute atomic E-state index is 14.6. The van der Waals surface area contributed by atoms with Crippen molar-refractivity contribution in [3.05, 3.63) is 148 Å². The van der Waals surface area contributed by atoms with E-state index in [4.69, 9.17) is 28.4 Å². The molecule has 9 nitrogen and oxygen atoms in total. The lowest BCUT2D eigenvalue weighted by Gasteiger charge is -2.29. The molecule has 0 aromatic heterocycles. The lowest BCUT2D eigenvalue weighted by atomic mass is 9.78. The van der Waals surface area contributed by atoms with E-state index < -0.39 is 42.0 Å². The van der Waals surface area contributed by atoms with E-state index in [1.165, 1.54) is 13.2 Å². The molecule has 1 fully saturated rings. The van der Waals surface area contributed by atoms with Gasteiger partial charge in [-0.15, -0.1) is 0 Å². The first-order valence-corrected chi connectivity index (χ1v) is 16.7. The van der Waals surface area contributed by atoms with Gasteiger partial charge in [0.2, 0.25) is 5.78 Å². The van der Waals surface area contributed by atoms with Gasteiger partial charge in [0.05, 0.1) is 45.7 Å². The Kier molecular flexibility index (Phi) is 11.3. The van der Waals surface area contributed by atoms with Crippen molar-refractivity contribution < 1.29 is 42.8 Å². The number of Topliss-reactive ketones (excluding diaryl/α,β-unsaturated/α-hetero) is 2. The summed E-state index contributed by atoms with van der Waals surface area (Å²) in [5, 5.41) is 0. The van der Waals surface area contributed by atoms with E-state index in [1.54, 1.807) is 19.9 Å². The zero-order valence-corrected chi connectivity index (χ0v) is 28.3. The van der Waals surface area contributed by atoms with E-state index in [0.29, 0.717) is 17.9 Å². The summed E-state index contributed by atoms with van der Waals surface area (Å²) in [6.45, 7) is 4.12. The topological polar surface area (TPSA) is 107 Å². The fraction of sp³-hybridized carbons (Fsp3) is 0.293. The Balaban J connectivity index is 1.43. The van der Waals surface area contributed by atoms with Gasteiger partial charge in [0.1, 0.15) is 35.7 Å². The number of benzene rings is 4. The van der Waals surface area contributed by atoms with Gasteiger partial charge in [-0.1, -0.05) is 91.0 Å². The van der Waals surface area contributed by atoms with Crippen LogP contribution >= 0.6 is 0 Å². The van der Waals surface area contributed by atoms with Crippen molar-refractivity contribution in [1.29, 1.82) is 0 Å². The molecule has 6 rings (SSSR count). The number of hydrogen-bond acceptors (Lipinski definition) is 9. The van der Waals surface area contributed by atoms with Crippen LogP contribution in [-0.4, -0.2) is 62.3 Å². The summed E-state index contributed by atoms with van der Waals surface area (Å²) in [5.74, 6) is -1.67. The second-order valence-corrected chi connectivity index (χ2v) is 12.2. The number of methoxy groups -OCH3 is 1. The molecule has 2 aliphatic rings. The summed E-state index contributed by atoms with van der Waals surface area (Å²) in [4.78, 5) is 42.5. The van der Waals surface area contributed by atoms with Crippen molar-refractivity contribution in [2.45, 2.75) is 58.1 Å². The summed E-state index contributed by atoms with van der Waals surface area (Å²) in [6, 6.07) is 32.1. The number of ketones is 2. The van der Waals surface area contributed by atoms with Crippen LogP contribution in [0.25, 0.3) is 0 Å². The van der Waals surface area contributed by atoms with Crippen LogP contribution in [0.15, 0.2) is 114 Å². The molecule has 0 spiro atoms. The third kappa shape index (κ3) is 7.61. The average molecular weight is 677 g/mol. The monoisotopic (exact) mass is 676 g/mol. The third-order valence-electron chi connectivity index (χ3n) is 8.80. The molecule has 4 aromatic rings. The molecule has 258 valence electrons. The molecule has 9 heteroatoms.